The van der Waals surface area contributed by atoms with Crippen LogP contribution in [0.15, 0.2) is 0 Å². The molecular formula is C12H21Cl2N3. The van der Waals surface area contributed by atoms with E-state index in [9.17, 15) is 0 Å². The van der Waals surface area contributed by atoms with Gasteiger partial charge < -0.3 is 5.32 Å². The molecule has 0 saturated carbocycles. The zero-order valence-corrected chi connectivity index (χ0v) is 12.3. The second kappa shape index (κ2) is 7.24. The fourth-order valence-electron chi connectivity index (χ4n) is 1.84. The van der Waals surface area contributed by atoms with E-state index in [1.807, 2.05) is 11.7 Å². The van der Waals surface area contributed by atoms with E-state index in [0.29, 0.717) is 11.9 Å². The molecule has 0 saturated heterocycles. The lowest BCUT2D eigenvalue weighted by Crippen LogP contribution is -2.29. The third kappa shape index (κ3) is 3.87. The molecule has 1 aromatic rings. The molecule has 1 rings (SSSR count). The van der Waals surface area contributed by atoms with Crippen LogP contribution in [0.5, 0.6) is 0 Å². The Hall–Kier alpha value is -0.250. The number of hydrogen-bond donors (Lipinski definition) is 1. The van der Waals surface area contributed by atoms with Gasteiger partial charge in [-0.15, -0.1) is 11.6 Å². The molecular weight excluding hydrogens is 257 g/mol. The predicted molar refractivity (Wildman–Crippen MR) is 73.9 cm³/mol. The van der Waals surface area contributed by atoms with Crippen molar-refractivity contribution in [3.8, 4) is 0 Å². The summed E-state index contributed by atoms with van der Waals surface area (Å²) in [5.74, 6) is 0.685. The van der Waals surface area contributed by atoms with Crippen molar-refractivity contribution in [2.24, 2.45) is 7.05 Å². The first-order chi connectivity index (χ1) is 8.13. The van der Waals surface area contributed by atoms with Gasteiger partial charge in [-0.2, -0.15) is 5.10 Å². The van der Waals surface area contributed by atoms with Gasteiger partial charge in [-0.25, -0.2) is 0 Å². The van der Waals surface area contributed by atoms with E-state index < -0.39 is 0 Å². The Kier molecular flexibility index (Phi) is 6.31. The highest BCUT2D eigenvalue weighted by Crippen LogP contribution is 2.20. The number of aryl methyl sites for hydroxylation is 2. The maximum absolute atomic E-state index is 6.28. The summed E-state index contributed by atoms with van der Waals surface area (Å²) < 4.78 is 1.86. The van der Waals surface area contributed by atoms with E-state index >= 15 is 0 Å². The molecule has 0 aliphatic carbocycles. The van der Waals surface area contributed by atoms with Crippen LogP contribution in [-0.4, -0.2) is 21.7 Å². The van der Waals surface area contributed by atoms with Crippen LogP contribution in [0.2, 0.25) is 5.02 Å². The summed E-state index contributed by atoms with van der Waals surface area (Å²) in [6.07, 6.45) is 2.92. The lowest BCUT2D eigenvalue weighted by molar-refractivity contribution is 0.474. The van der Waals surface area contributed by atoms with Crippen molar-refractivity contribution in [1.82, 2.24) is 15.1 Å². The summed E-state index contributed by atoms with van der Waals surface area (Å²) in [5.41, 5.74) is 2.02. The smallest absolute Gasteiger partial charge is 0.0863 e. The Morgan fingerprint density at radius 3 is 2.59 bits per heavy atom. The van der Waals surface area contributed by atoms with Crippen molar-refractivity contribution >= 4 is 23.2 Å². The maximum Gasteiger partial charge on any atom is 0.0863 e. The van der Waals surface area contributed by atoms with Crippen molar-refractivity contribution in [3.63, 3.8) is 0 Å². The molecule has 0 aliphatic heterocycles. The molecule has 1 N–H and O–H groups in total. The van der Waals surface area contributed by atoms with Crippen LogP contribution in [-0.2, 0) is 20.0 Å². The van der Waals surface area contributed by atoms with Crippen molar-refractivity contribution < 1.29 is 0 Å². The van der Waals surface area contributed by atoms with Crippen LogP contribution >= 0.6 is 23.2 Å². The minimum Gasteiger partial charge on any atom is -0.308 e. The van der Waals surface area contributed by atoms with Crippen molar-refractivity contribution in [1.29, 1.82) is 0 Å². The van der Waals surface area contributed by atoms with E-state index in [1.54, 1.807) is 0 Å². The molecule has 5 heteroatoms. The van der Waals surface area contributed by atoms with Crippen LogP contribution in [0.3, 0.4) is 0 Å². The monoisotopic (exact) mass is 277 g/mol. The quantitative estimate of drug-likeness (QED) is 0.776. The third-order valence-electron chi connectivity index (χ3n) is 3.01. The Bertz CT molecular complexity index is 350. The summed E-state index contributed by atoms with van der Waals surface area (Å²) in [5, 5.41) is 8.67. The van der Waals surface area contributed by atoms with Gasteiger partial charge in [0.25, 0.3) is 0 Å². The zero-order valence-electron chi connectivity index (χ0n) is 10.8. The van der Waals surface area contributed by atoms with Gasteiger partial charge in [0.15, 0.2) is 0 Å². The van der Waals surface area contributed by atoms with Crippen LogP contribution in [0.1, 0.15) is 38.1 Å². The Balaban J connectivity index is 2.65. The first-order valence-electron chi connectivity index (χ1n) is 6.13. The van der Waals surface area contributed by atoms with Crippen molar-refractivity contribution in [2.75, 3.05) is 5.88 Å². The molecule has 0 radical (unpaired) electrons. The largest absolute Gasteiger partial charge is 0.308 e. The lowest BCUT2D eigenvalue weighted by atomic mass is 10.1. The number of halogens is 2. The molecule has 0 spiro atoms. The second-order valence-electron chi connectivity index (χ2n) is 4.15. The van der Waals surface area contributed by atoms with Crippen LogP contribution in [0.4, 0.5) is 0 Å². The normalized spacial score (nSPS) is 13.0. The first kappa shape index (κ1) is 14.8. The number of rotatable bonds is 7. The third-order valence-corrected chi connectivity index (χ3v) is 3.67. The first-order valence-corrected chi connectivity index (χ1v) is 7.04. The van der Waals surface area contributed by atoms with Gasteiger partial charge in [-0.1, -0.05) is 25.4 Å². The predicted octanol–water partition coefficient (Wildman–Crippen LogP) is 3.13. The van der Waals surface area contributed by atoms with Gasteiger partial charge in [0.2, 0.25) is 0 Å². The van der Waals surface area contributed by atoms with Gasteiger partial charge in [0.1, 0.15) is 0 Å². The number of nitrogens with one attached hydrogen (secondary N) is 1. The highest BCUT2D eigenvalue weighted by Gasteiger charge is 2.14. The van der Waals surface area contributed by atoms with E-state index in [1.165, 1.54) is 0 Å². The lowest BCUT2D eigenvalue weighted by Gasteiger charge is -2.15. The van der Waals surface area contributed by atoms with E-state index in [4.69, 9.17) is 23.2 Å². The van der Waals surface area contributed by atoms with E-state index in [0.717, 1.165) is 42.2 Å². The molecule has 17 heavy (non-hydrogen) atoms. The summed E-state index contributed by atoms with van der Waals surface area (Å²) in [4.78, 5) is 0. The van der Waals surface area contributed by atoms with Gasteiger partial charge in [-0.05, 0) is 19.3 Å². The Morgan fingerprint density at radius 2 is 2.12 bits per heavy atom. The van der Waals surface area contributed by atoms with Gasteiger partial charge in [-0.3, -0.25) is 4.68 Å². The SMILES string of the molecule is CCc1nn(C)c(CNC(CC)CCCl)c1Cl. The van der Waals surface area contributed by atoms with E-state index in [2.05, 4.69) is 24.3 Å². The molecule has 1 heterocycles. The summed E-state index contributed by atoms with van der Waals surface area (Å²) >= 11 is 12.0. The number of alkyl halides is 1. The highest BCUT2D eigenvalue weighted by atomic mass is 35.5. The van der Waals surface area contributed by atoms with Crippen molar-refractivity contribution in [2.45, 2.75) is 45.7 Å². The number of hydrogen-bond acceptors (Lipinski definition) is 2. The number of aromatic nitrogens is 2. The van der Waals surface area contributed by atoms with Crippen LogP contribution < -0.4 is 5.32 Å². The molecule has 1 unspecified atom stereocenters. The molecule has 0 aliphatic rings. The average molecular weight is 278 g/mol. The topological polar surface area (TPSA) is 29.9 Å². The minimum atomic E-state index is 0.448. The van der Waals surface area contributed by atoms with Gasteiger partial charge >= 0.3 is 0 Å². The Labute approximate surface area is 113 Å². The number of nitrogens with zero attached hydrogens (tertiary/aromatic N) is 2. The molecule has 0 amide bonds. The molecule has 3 nitrogen and oxygen atoms in total. The fourth-order valence-corrected chi connectivity index (χ4v) is 2.46. The minimum absolute atomic E-state index is 0.448. The van der Waals surface area contributed by atoms with Gasteiger partial charge in [0.05, 0.1) is 16.4 Å². The molecule has 1 atom stereocenters. The molecule has 0 bridgehead atoms. The highest BCUT2D eigenvalue weighted by molar-refractivity contribution is 6.31. The standard InChI is InChI=1S/C12H21Cl2N3/c1-4-9(6-7-13)15-8-11-12(14)10(5-2)16-17(11)3/h9,15H,4-8H2,1-3H3. The summed E-state index contributed by atoms with van der Waals surface area (Å²) in [6, 6.07) is 0.448. The fraction of sp³-hybridized carbons (Fsp3) is 0.750. The molecule has 98 valence electrons. The maximum atomic E-state index is 6.28. The summed E-state index contributed by atoms with van der Waals surface area (Å²) in [6.45, 7) is 4.97. The second-order valence-corrected chi connectivity index (χ2v) is 4.90. The molecule has 0 fully saturated rings. The van der Waals surface area contributed by atoms with Gasteiger partial charge in [0, 0.05) is 25.5 Å². The molecule has 0 aromatic carbocycles. The van der Waals surface area contributed by atoms with Crippen molar-refractivity contribution in [3.05, 3.63) is 16.4 Å². The summed E-state index contributed by atoms with van der Waals surface area (Å²) in [7, 11) is 1.94. The average Bonchev–Trinajstić information content (AvgIpc) is 2.60. The molecule has 1 aromatic heterocycles. The van der Waals surface area contributed by atoms with Crippen LogP contribution in [0, 0.1) is 0 Å². The van der Waals surface area contributed by atoms with Crippen LogP contribution in [0.25, 0.3) is 0 Å². The zero-order chi connectivity index (χ0) is 12.8. The Morgan fingerprint density at radius 1 is 1.41 bits per heavy atom. The van der Waals surface area contributed by atoms with E-state index in [-0.39, 0.29) is 0 Å².